The molecule has 0 radical (unpaired) electrons. The zero-order chi connectivity index (χ0) is 15.8. The lowest BCUT2D eigenvalue weighted by molar-refractivity contribution is -0.141. The summed E-state index contributed by atoms with van der Waals surface area (Å²) in [5.74, 6) is 0.120. The van der Waals surface area contributed by atoms with E-state index in [1.165, 1.54) is 6.92 Å². The Morgan fingerprint density at radius 2 is 2.00 bits per heavy atom. The monoisotopic (exact) mass is 295 g/mol. The van der Waals surface area contributed by atoms with Crippen LogP contribution in [0, 0.1) is 0 Å². The number of hydrogen-bond donors (Lipinski definition) is 2. The average Bonchev–Trinajstić information content (AvgIpc) is 2.47. The van der Waals surface area contributed by atoms with Crippen molar-refractivity contribution in [1.82, 2.24) is 5.32 Å². The zero-order valence-electron chi connectivity index (χ0n) is 12.5. The van der Waals surface area contributed by atoms with E-state index in [0.717, 1.165) is 5.56 Å². The van der Waals surface area contributed by atoms with Crippen LogP contribution < -0.4 is 14.8 Å². The summed E-state index contributed by atoms with van der Waals surface area (Å²) >= 11 is 0. The van der Waals surface area contributed by atoms with Crippen molar-refractivity contribution >= 4 is 11.9 Å². The Kier molecular flexibility index (Phi) is 6.52. The van der Waals surface area contributed by atoms with Gasteiger partial charge < -0.3 is 19.9 Å². The molecule has 0 heterocycles. The van der Waals surface area contributed by atoms with Crippen LogP contribution in [0.5, 0.6) is 11.5 Å². The van der Waals surface area contributed by atoms with Crippen molar-refractivity contribution < 1.29 is 24.2 Å². The molecule has 116 valence electrons. The van der Waals surface area contributed by atoms with Gasteiger partial charge in [-0.2, -0.15) is 0 Å². The van der Waals surface area contributed by atoms with Crippen molar-refractivity contribution in [2.24, 2.45) is 0 Å². The lowest BCUT2D eigenvalue weighted by atomic mass is 10.1. The largest absolute Gasteiger partial charge is 0.497 e. The molecule has 0 unspecified atom stereocenters. The number of ether oxygens (including phenoxy) is 2. The predicted octanol–water partition coefficient (Wildman–Crippen LogP) is 1.62. The van der Waals surface area contributed by atoms with Crippen LogP contribution in [-0.2, 0) is 16.0 Å². The van der Waals surface area contributed by atoms with Gasteiger partial charge >= 0.3 is 5.97 Å². The van der Waals surface area contributed by atoms with Crippen molar-refractivity contribution in [3.8, 4) is 11.5 Å². The first kappa shape index (κ1) is 16.8. The fourth-order valence-electron chi connectivity index (χ4n) is 1.87. The molecule has 0 fully saturated rings. The van der Waals surface area contributed by atoms with Gasteiger partial charge in [0.2, 0.25) is 5.91 Å². The number of rotatable bonds is 8. The van der Waals surface area contributed by atoms with Crippen molar-refractivity contribution in [1.29, 1.82) is 0 Å². The van der Waals surface area contributed by atoms with Gasteiger partial charge in [-0.1, -0.05) is 6.07 Å². The van der Waals surface area contributed by atoms with Crippen LogP contribution >= 0.6 is 0 Å². The van der Waals surface area contributed by atoms with Crippen molar-refractivity contribution in [2.45, 2.75) is 32.2 Å². The summed E-state index contributed by atoms with van der Waals surface area (Å²) in [6.07, 6.45) is 1.55. The Labute approximate surface area is 124 Å². The summed E-state index contributed by atoms with van der Waals surface area (Å²) in [5.41, 5.74) is 0.984. The van der Waals surface area contributed by atoms with E-state index in [9.17, 15) is 9.59 Å². The minimum atomic E-state index is -1.04. The molecule has 0 bridgehead atoms. The summed E-state index contributed by atoms with van der Waals surface area (Å²) < 4.78 is 10.4. The van der Waals surface area contributed by atoms with Gasteiger partial charge in [0.25, 0.3) is 0 Å². The molecule has 6 heteroatoms. The normalized spacial score (nSPS) is 11.6. The molecule has 0 saturated heterocycles. The van der Waals surface area contributed by atoms with E-state index < -0.39 is 12.0 Å². The summed E-state index contributed by atoms with van der Waals surface area (Å²) in [4.78, 5) is 22.2. The Bertz CT molecular complexity index is 501. The van der Waals surface area contributed by atoms with Crippen LogP contribution in [0.4, 0.5) is 0 Å². The predicted molar refractivity (Wildman–Crippen MR) is 77.7 cm³/mol. The Hall–Kier alpha value is -2.24. The van der Waals surface area contributed by atoms with Crippen molar-refractivity contribution in [3.63, 3.8) is 0 Å². The van der Waals surface area contributed by atoms with Gasteiger partial charge in [0.05, 0.1) is 14.2 Å². The number of hydrogen-bond acceptors (Lipinski definition) is 4. The number of aliphatic carboxylic acids is 1. The fourth-order valence-corrected chi connectivity index (χ4v) is 1.87. The third-order valence-corrected chi connectivity index (χ3v) is 3.09. The Balaban J connectivity index is 2.49. The molecule has 1 aromatic rings. The smallest absolute Gasteiger partial charge is 0.325 e. The van der Waals surface area contributed by atoms with Gasteiger partial charge in [-0.05, 0) is 31.4 Å². The Morgan fingerprint density at radius 1 is 1.29 bits per heavy atom. The van der Waals surface area contributed by atoms with E-state index in [2.05, 4.69) is 5.32 Å². The molecule has 0 aliphatic heterocycles. The average molecular weight is 295 g/mol. The molecular formula is C15H21NO5. The number of carbonyl (C=O) groups is 2. The topological polar surface area (TPSA) is 84.9 Å². The second-order valence-corrected chi connectivity index (χ2v) is 4.66. The first-order valence-electron chi connectivity index (χ1n) is 6.71. The van der Waals surface area contributed by atoms with E-state index in [4.69, 9.17) is 14.6 Å². The van der Waals surface area contributed by atoms with E-state index in [1.807, 2.05) is 12.1 Å². The minimum Gasteiger partial charge on any atom is -0.497 e. The standard InChI is InChI=1S/C15H21NO5/c1-10(15(18)19)16-14(17)6-4-5-11-7-8-12(20-2)9-13(11)21-3/h7-10H,4-6H2,1-3H3,(H,16,17)(H,18,19)/t10-/m1/s1. The number of carboxylic acids is 1. The molecular weight excluding hydrogens is 274 g/mol. The lowest BCUT2D eigenvalue weighted by Crippen LogP contribution is -2.38. The molecule has 21 heavy (non-hydrogen) atoms. The van der Waals surface area contributed by atoms with E-state index in [0.29, 0.717) is 24.3 Å². The van der Waals surface area contributed by atoms with Crippen LogP contribution in [0.25, 0.3) is 0 Å². The van der Waals surface area contributed by atoms with Crippen molar-refractivity contribution in [3.05, 3.63) is 23.8 Å². The Morgan fingerprint density at radius 3 is 2.57 bits per heavy atom. The number of benzene rings is 1. The third-order valence-electron chi connectivity index (χ3n) is 3.09. The number of nitrogens with one attached hydrogen (secondary N) is 1. The number of amides is 1. The third kappa shape index (κ3) is 5.33. The number of carbonyl (C=O) groups excluding carboxylic acids is 1. The summed E-state index contributed by atoms with van der Waals surface area (Å²) in [6.45, 7) is 1.44. The van der Waals surface area contributed by atoms with Gasteiger partial charge in [0.1, 0.15) is 17.5 Å². The lowest BCUT2D eigenvalue weighted by Gasteiger charge is -2.11. The molecule has 0 saturated carbocycles. The molecule has 1 rings (SSSR count). The first-order valence-corrected chi connectivity index (χ1v) is 6.71. The summed E-state index contributed by atoms with van der Waals surface area (Å²) in [7, 11) is 3.17. The molecule has 1 amide bonds. The highest BCUT2D eigenvalue weighted by Crippen LogP contribution is 2.25. The first-order chi connectivity index (χ1) is 9.97. The van der Waals surface area contributed by atoms with Gasteiger partial charge in [0, 0.05) is 12.5 Å². The molecule has 0 aliphatic carbocycles. The molecule has 0 spiro atoms. The van der Waals surface area contributed by atoms with E-state index in [1.54, 1.807) is 20.3 Å². The minimum absolute atomic E-state index is 0.266. The van der Waals surface area contributed by atoms with Crippen LogP contribution in [0.2, 0.25) is 0 Å². The number of aryl methyl sites for hydroxylation is 1. The second kappa shape index (κ2) is 8.14. The van der Waals surface area contributed by atoms with Crippen LogP contribution in [0.15, 0.2) is 18.2 Å². The second-order valence-electron chi connectivity index (χ2n) is 4.66. The molecule has 2 N–H and O–H groups in total. The maximum atomic E-state index is 11.6. The maximum absolute atomic E-state index is 11.6. The van der Waals surface area contributed by atoms with Gasteiger partial charge in [-0.15, -0.1) is 0 Å². The highest BCUT2D eigenvalue weighted by Gasteiger charge is 2.13. The van der Waals surface area contributed by atoms with Gasteiger partial charge in [-0.25, -0.2) is 0 Å². The highest BCUT2D eigenvalue weighted by atomic mass is 16.5. The fraction of sp³-hybridized carbons (Fsp3) is 0.467. The molecule has 1 atom stereocenters. The maximum Gasteiger partial charge on any atom is 0.325 e. The van der Waals surface area contributed by atoms with Crippen LogP contribution in [0.3, 0.4) is 0 Å². The van der Waals surface area contributed by atoms with Crippen LogP contribution in [0.1, 0.15) is 25.3 Å². The quantitative estimate of drug-likeness (QED) is 0.761. The van der Waals surface area contributed by atoms with E-state index >= 15 is 0 Å². The summed E-state index contributed by atoms with van der Waals surface area (Å²) in [5, 5.41) is 11.1. The molecule has 0 aliphatic rings. The summed E-state index contributed by atoms with van der Waals surface area (Å²) in [6, 6.07) is 4.66. The van der Waals surface area contributed by atoms with Gasteiger partial charge in [0.15, 0.2) is 0 Å². The molecule has 1 aromatic carbocycles. The van der Waals surface area contributed by atoms with Gasteiger partial charge in [-0.3, -0.25) is 9.59 Å². The van der Waals surface area contributed by atoms with Crippen molar-refractivity contribution in [2.75, 3.05) is 14.2 Å². The van der Waals surface area contributed by atoms with Crippen LogP contribution in [-0.4, -0.2) is 37.2 Å². The number of carboxylic acid groups (broad SMARTS) is 1. The zero-order valence-corrected chi connectivity index (χ0v) is 12.5. The highest BCUT2D eigenvalue weighted by molar-refractivity contribution is 5.83. The SMILES string of the molecule is COc1ccc(CCCC(=O)N[C@H](C)C(=O)O)c(OC)c1. The molecule has 0 aromatic heterocycles. The molecule has 6 nitrogen and oxygen atoms in total. The number of methoxy groups -OCH3 is 2. The van der Waals surface area contributed by atoms with E-state index in [-0.39, 0.29) is 12.3 Å².